The summed E-state index contributed by atoms with van der Waals surface area (Å²) < 4.78 is 32.6. The van der Waals surface area contributed by atoms with E-state index in [0.717, 1.165) is 12.0 Å². The second kappa shape index (κ2) is 8.52. The normalized spacial score (nSPS) is 15.9. The highest BCUT2D eigenvalue weighted by atomic mass is 32.2. The van der Waals surface area contributed by atoms with Crippen molar-refractivity contribution in [1.82, 2.24) is 9.62 Å². The van der Waals surface area contributed by atoms with Gasteiger partial charge in [0.25, 0.3) is 5.91 Å². The van der Waals surface area contributed by atoms with Crippen molar-refractivity contribution in [3.8, 4) is 0 Å². The molecule has 1 amide bonds. The monoisotopic (exact) mass is 408 g/mol. The molecule has 3 rings (SSSR count). The molecular formula is C19H24N2O4S2. The average molecular weight is 409 g/mol. The van der Waals surface area contributed by atoms with E-state index in [9.17, 15) is 13.2 Å². The molecule has 1 aliphatic heterocycles. The van der Waals surface area contributed by atoms with Crippen LogP contribution in [0.5, 0.6) is 0 Å². The third kappa shape index (κ3) is 4.57. The van der Waals surface area contributed by atoms with Crippen LogP contribution in [0.4, 0.5) is 0 Å². The predicted molar refractivity (Wildman–Crippen MR) is 105 cm³/mol. The summed E-state index contributed by atoms with van der Waals surface area (Å²) in [6, 6.07) is 8.16. The minimum atomic E-state index is -3.64. The number of ether oxygens (including phenoxy) is 1. The fourth-order valence-corrected chi connectivity index (χ4v) is 5.40. The summed E-state index contributed by atoms with van der Waals surface area (Å²) in [6.45, 7) is 3.28. The zero-order valence-electron chi connectivity index (χ0n) is 15.5. The van der Waals surface area contributed by atoms with E-state index in [1.807, 2.05) is 18.4 Å². The molecule has 6 nitrogen and oxygen atoms in total. The Labute approximate surface area is 164 Å². The van der Waals surface area contributed by atoms with E-state index in [-0.39, 0.29) is 16.8 Å². The van der Waals surface area contributed by atoms with Crippen LogP contribution in [0.1, 0.15) is 34.1 Å². The van der Waals surface area contributed by atoms with E-state index in [1.54, 1.807) is 36.6 Å². The van der Waals surface area contributed by atoms with Crippen molar-refractivity contribution in [2.45, 2.75) is 37.2 Å². The zero-order chi connectivity index (χ0) is 19.4. The molecule has 0 aliphatic carbocycles. The maximum Gasteiger partial charge on any atom is 0.251 e. The number of carbonyl (C=O) groups is 1. The lowest BCUT2D eigenvalue weighted by molar-refractivity contribution is 0.0929. The molecule has 0 radical (unpaired) electrons. The maximum absolute atomic E-state index is 13.0. The van der Waals surface area contributed by atoms with Gasteiger partial charge in [-0.1, -0.05) is 6.07 Å². The van der Waals surface area contributed by atoms with Gasteiger partial charge in [0.05, 0.1) is 4.90 Å². The highest BCUT2D eigenvalue weighted by molar-refractivity contribution is 7.89. The third-order valence-electron chi connectivity index (χ3n) is 4.64. The topological polar surface area (TPSA) is 75.7 Å². The van der Waals surface area contributed by atoms with Gasteiger partial charge < -0.3 is 10.1 Å². The van der Waals surface area contributed by atoms with E-state index in [1.165, 1.54) is 15.2 Å². The number of hydrogen-bond donors (Lipinski definition) is 1. The van der Waals surface area contributed by atoms with Crippen LogP contribution in [0.25, 0.3) is 0 Å². The van der Waals surface area contributed by atoms with E-state index in [4.69, 9.17) is 4.74 Å². The summed E-state index contributed by atoms with van der Waals surface area (Å²) in [5.41, 5.74) is 1.41. The smallest absolute Gasteiger partial charge is 0.251 e. The lowest BCUT2D eigenvalue weighted by atomic mass is 10.1. The molecule has 0 spiro atoms. The quantitative estimate of drug-likeness (QED) is 0.764. The molecule has 1 aromatic carbocycles. The van der Waals surface area contributed by atoms with E-state index in [0.29, 0.717) is 31.7 Å². The largest absolute Gasteiger partial charge is 0.385 e. The molecule has 27 heavy (non-hydrogen) atoms. The second-order valence-corrected chi connectivity index (χ2v) is 9.58. The van der Waals surface area contributed by atoms with E-state index >= 15 is 0 Å². The molecule has 1 aliphatic rings. The number of fused-ring (bicyclic) bond motifs is 1. The number of carbonyl (C=O) groups excluding carboxylic acids is 1. The van der Waals surface area contributed by atoms with Crippen molar-refractivity contribution in [2.75, 3.05) is 20.3 Å². The van der Waals surface area contributed by atoms with Crippen LogP contribution in [0.2, 0.25) is 0 Å². The third-order valence-corrected chi connectivity index (χ3v) is 7.50. The van der Waals surface area contributed by atoms with Crippen molar-refractivity contribution in [2.24, 2.45) is 0 Å². The first kappa shape index (κ1) is 20.0. The molecule has 2 heterocycles. The van der Waals surface area contributed by atoms with Crippen LogP contribution in [0.15, 0.2) is 40.6 Å². The Morgan fingerprint density at radius 2 is 2.19 bits per heavy atom. The SMILES string of the molecule is COCCC(C)NC(=O)c1cccc(S(=O)(=O)N2CCc3sccc3C2)c1. The van der Waals surface area contributed by atoms with Crippen LogP contribution in [0, 0.1) is 0 Å². The molecular weight excluding hydrogens is 384 g/mol. The Morgan fingerprint density at radius 3 is 2.96 bits per heavy atom. The first-order chi connectivity index (χ1) is 12.9. The van der Waals surface area contributed by atoms with Crippen molar-refractivity contribution in [3.63, 3.8) is 0 Å². The standard InChI is InChI=1S/C19H24N2O4S2/c1-14(7-10-25-2)20-19(22)15-4-3-5-17(12-15)27(23,24)21-9-6-18-16(13-21)8-11-26-18/h3-5,8,11-12,14H,6-7,9-10,13H2,1-2H3,(H,20,22). The van der Waals surface area contributed by atoms with Crippen molar-refractivity contribution in [1.29, 1.82) is 0 Å². The van der Waals surface area contributed by atoms with Gasteiger partial charge in [0.1, 0.15) is 0 Å². The van der Waals surface area contributed by atoms with Crippen LogP contribution < -0.4 is 5.32 Å². The lowest BCUT2D eigenvalue weighted by Gasteiger charge is -2.26. The van der Waals surface area contributed by atoms with Crippen LogP contribution in [-0.2, 0) is 27.7 Å². The molecule has 1 atom stereocenters. The molecule has 0 bridgehead atoms. The first-order valence-electron chi connectivity index (χ1n) is 8.87. The molecule has 1 N–H and O–H groups in total. The predicted octanol–water partition coefficient (Wildman–Crippen LogP) is 2.65. The van der Waals surface area contributed by atoms with Gasteiger partial charge in [-0.25, -0.2) is 8.42 Å². The molecule has 0 saturated heterocycles. The summed E-state index contributed by atoms with van der Waals surface area (Å²) in [4.78, 5) is 13.8. The van der Waals surface area contributed by atoms with Gasteiger partial charge in [-0.15, -0.1) is 11.3 Å². The molecule has 2 aromatic rings. The number of rotatable bonds is 7. The van der Waals surface area contributed by atoms with Gasteiger partial charge in [0.2, 0.25) is 10.0 Å². The molecule has 146 valence electrons. The summed E-state index contributed by atoms with van der Waals surface area (Å²) in [5, 5.41) is 4.87. The Bertz CT molecular complexity index is 908. The van der Waals surface area contributed by atoms with Gasteiger partial charge in [-0.3, -0.25) is 4.79 Å². The second-order valence-electron chi connectivity index (χ2n) is 6.64. The average Bonchev–Trinajstić information content (AvgIpc) is 3.14. The Balaban J connectivity index is 1.75. The number of methoxy groups -OCH3 is 1. The van der Waals surface area contributed by atoms with Gasteiger partial charge in [-0.05, 0) is 55.0 Å². The number of nitrogens with one attached hydrogen (secondary N) is 1. The Kier molecular flexibility index (Phi) is 6.31. The van der Waals surface area contributed by atoms with Crippen LogP contribution in [0.3, 0.4) is 0 Å². The lowest BCUT2D eigenvalue weighted by Crippen LogP contribution is -2.36. The summed E-state index contributed by atoms with van der Waals surface area (Å²) >= 11 is 1.67. The number of thiophene rings is 1. The first-order valence-corrected chi connectivity index (χ1v) is 11.2. The number of benzene rings is 1. The van der Waals surface area contributed by atoms with Crippen molar-refractivity contribution in [3.05, 3.63) is 51.7 Å². The zero-order valence-corrected chi connectivity index (χ0v) is 17.1. The number of hydrogen-bond acceptors (Lipinski definition) is 5. The summed E-state index contributed by atoms with van der Waals surface area (Å²) in [7, 11) is -2.03. The van der Waals surface area contributed by atoms with E-state index in [2.05, 4.69) is 5.32 Å². The Morgan fingerprint density at radius 1 is 1.37 bits per heavy atom. The molecule has 1 unspecified atom stereocenters. The van der Waals surface area contributed by atoms with Crippen molar-refractivity contribution < 1.29 is 17.9 Å². The molecule has 8 heteroatoms. The fourth-order valence-electron chi connectivity index (χ4n) is 3.05. The Hall–Kier alpha value is -1.74. The highest BCUT2D eigenvalue weighted by Crippen LogP contribution is 2.28. The molecule has 0 fully saturated rings. The number of sulfonamides is 1. The summed E-state index contributed by atoms with van der Waals surface area (Å²) in [6.07, 6.45) is 1.42. The van der Waals surface area contributed by atoms with Crippen LogP contribution >= 0.6 is 11.3 Å². The number of nitrogens with zero attached hydrogens (tertiary/aromatic N) is 1. The molecule has 1 aromatic heterocycles. The molecule has 0 saturated carbocycles. The number of amides is 1. The maximum atomic E-state index is 13.0. The van der Waals surface area contributed by atoms with Crippen LogP contribution in [-0.4, -0.2) is 44.9 Å². The van der Waals surface area contributed by atoms with Gasteiger partial charge in [-0.2, -0.15) is 4.31 Å². The van der Waals surface area contributed by atoms with Gasteiger partial charge in [0.15, 0.2) is 0 Å². The minimum absolute atomic E-state index is 0.0585. The summed E-state index contributed by atoms with van der Waals surface area (Å²) in [5.74, 6) is -0.283. The van der Waals surface area contributed by atoms with Crippen molar-refractivity contribution >= 4 is 27.3 Å². The highest BCUT2D eigenvalue weighted by Gasteiger charge is 2.29. The van der Waals surface area contributed by atoms with Gasteiger partial charge in [0, 0.05) is 43.3 Å². The van der Waals surface area contributed by atoms with Gasteiger partial charge >= 0.3 is 0 Å². The van der Waals surface area contributed by atoms with E-state index < -0.39 is 10.0 Å². The minimum Gasteiger partial charge on any atom is -0.385 e. The fraction of sp³-hybridized carbons (Fsp3) is 0.421.